The number of benzene rings is 1. The Labute approximate surface area is 134 Å². The third-order valence-corrected chi connectivity index (χ3v) is 4.92. The maximum absolute atomic E-state index is 12.4. The van der Waals surface area contributed by atoms with Crippen molar-refractivity contribution in [3.05, 3.63) is 53.7 Å². The largest absolute Gasteiger partial charge is 0.508 e. The second-order valence-electron chi connectivity index (χ2n) is 5.37. The topological polar surface area (TPSA) is 62.2 Å². The van der Waals surface area contributed by atoms with Crippen LogP contribution in [0.15, 0.2) is 47.6 Å². The number of amides is 1. The molecule has 1 aliphatic rings. The Morgan fingerprint density at radius 1 is 1.36 bits per heavy atom. The summed E-state index contributed by atoms with van der Waals surface area (Å²) in [5, 5.41) is 13.6. The first kappa shape index (κ1) is 14.9. The zero-order chi connectivity index (χ0) is 15.5. The highest BCUT2D eigenvalue weighted by molar-refractivity contribution is 8.00. The summed E-state index contributed by atoms with van der Waals surface area (Å²) in [5.41, 5.74) is 1.99. The molecule has 0 radical (unpaired) electrons. The van der Waals surface area contributed by atoms with E-state index in [1.807, 2.05) is 37.3 Å². The molecule has 0 saturated carbocycles. The van der Waals surface area contributed by atoms with Gasteiger partial charge in [-0.25, -0.2) is 4.98 Å². The standard InChI is InChI=1S/C17H18N2O2S/c1-11(22-16-7-2-3-10-18-16)17(21)19-14-9-8-13-12(14)5-4-6-15(13)20/h2-7,10-11,14,20H,8-9H2,1H3,(H,19,21)/t11-,14+/m1/s1. The van der Waals surface area contributed by atoms with Gasteiger partial charge in [0, 0.05) is 6.20 Å². The van der Waals surface area contributed by atoms with Gasteiger partial charge in [-0.15, -0.1) is 0 Å². The number of nitrogens with zero attached hydrogens (tertiary/aromatic N) is 1. The number of aromatic nitrogens is 1. The van der Waals surface area contributed by atoms with Crippen LogP contribution in [0.1, 0.15) is 30.5 Å². The van der Waals surface area contributed by atoms with Crippen LogP contribution in [-0.2, 0) is 11.2 Å². The molecule has 1 aromatic heterocycles. The number of thioether (sulfide) groups is 1. The molecule has 1 aliphatic carbocycles. The quantitative estimate of drug-likeness (QED) is 0.851. The molecule has 3 rings (SSSR count). The minimum absolute atomic E-state index is 0.00292. The number of nitrogens with one attached hydrogen (secondary N) is 1. The van der Waals surface area contributed by atoms with E-state index < -0.39 is 0 Å². The summed E-state index contributed by atoms with van der Waals surface area (Å²) in [6.45, 7) is 1.88. The van der Waals surface area contributed by atoms with Crippen molar-refractivity contribution in [2.24, 2.45) is 0 Å². The number of rotatable bonds is 4. The van der Waals surface area contributed by atoms with Crippen molar-refractivity contribution in [1.29, 1.82) is 0 Å². The highest BCUT2D eigenvalue weighted by atomic mass is 32.2. The fourth-order valence-corrected chi connectivity index (χ4v) is 3.54. The zero-order valence-corrected chi connectivity index (χ0v) is 13.1. The lowest BCUT2D eigenvalue weighted by molar-refractivity contribution is -0.121. The Balaban J connectivity index is 1.65. The molecule has 0 fully saturated rings. The summed E-state index contributed by atoms with van der Waals surface area (Å²) >= 11 is 1.45. The lowest BCUT2D eigenvalue weighted by atomic mass is 10.1. The fraction of sp³-hybridized carbons (Fsp3) is 0.294. The Kier molecular flexibility index (Phi) is 4.34. The van der Waals surface area contributed by atoms with Crippen molar-refractivity contribution in [2.45, 2.75) is 36.1 Å². The predicted molar refractivity (Wildman–Crippen MR) is 86.9 cm³/mol. The van der Waals surface area contributed by atoms with Crippen LogP contribution in [0.4, 0.5) is 0 Å². The number of carbonyl (C=O) groups is 1. The maximum atomic E-state index is 12.4. The van der Waals surface area contributed by atoms with Crippen LogP contribution in [0.5, 0.6) is 5.75 Å². The van der Waals surface area contributed by atoms with Gasteiger partial charge in [-0.3, -0.25) is 4.79 Å². The summed E-state index contributed by atoms with van der Waals surface area (Å²) in [5.74, 6) is 0.321. The van der Waals surface area contributed by atoms with Crippen molar-refractivity contribution in [3.8, 4) is 5.75 Å². The van der Waals surface area contributed by atoms with E-state index in [9.17, 15) is 9.90 Å². The molecule has 2 N–H and O–H groups in total. The van der Waals surface area contributed by atoms with Gasteiger partial charge in [-0.2, -0.15) is 0 Å². The normalized spacial score (nSPS) is 17.8. The molecule has 1 amide bonds. The molecule has 0 spiro atoms. The van der Waals surface area contributed by atoms with Gasteiger partial charge < -0.3 is 10.4 Å². The second-order valence-corrected chi connectivity index (χ2v) is 6.73. The highest BCUT2D eigenvalue weighted by Crippen LogP contribution is 2.36. The Bertz CT molecular complexity index is 676. The van der Waals surface area contributed by atoms with Crippen molar-refractivity contribution < 1.29 is 9.90 Å². The third-order valence-electron chi connectivity index (χ3n) is 3.87. The molecule has 0 unspecified atom stereocenters. The van der Waals surface area contributed by atoms with Crippen LogP contribution in [0, 0.1) is 0 Å². The van der Waals surface area contributed by atoms with E-state index in [4.69, 9.17) is 0 Å². The molecule has 2 aromatic rings. The number of hydrogen-bond donors (Lipinski definition) is 2. The van der Waals surface area contributed by atoms with Gasteiger partial charge in [0.25, 0.3) is 0 Å². The minimum atomic E-state index is -0.212. The van der Waals surface area contributed by atoms with Crippen molar-refractivity contribution in [3.63, 3.8) is 0 Å². The van der Waals surface area contributed by atoms with Gasteiger partial charge in [0.2, 0.25) is 5.91 Å². The van der Waals surface area contributed by atoms with E-state index in [2.05, 4.69) is 10.3 Å². The molecule has 0 aliphatic heterocycles. The summed E-state index contributed by atoms with van der Waals surface area (Å²) in [7, 11) is 0. The van der Waals surface area contributed by atoms with Gasteiger partial charge in [0.15, 0.2) is 0 Å². The van der Waals surface area contributed by atoms with Gasteiger partial charge in [0.05, 0.1) is 16.3 Å². The number of phenols is 1. The number of fused-ring (bicyclic) bond motifs is 1. The van der Waals surface area contributed by atoms with Crippen LogP contribution < -0.4 is 5.32 Å². The van der Waals surface area contributed by atoms with E-state index >= 15 is 0 Å². The van der Waals surface area contributed by atoms with E-state index in [1.165, 1.54) is 11.8 Å². The number of carbonyl (C=O) groups excluding carboxylic acids is 1. The average Bonchev–Trinajstić information content (AvgIpc) is 2.93. The lowest BCUT2D eigenvalue weighted by Gasteiger charge is -2.17. The van der Waals surface area contributed by atoms with E-state index in [1.54, 1.807) is 12.3 Å². The summed E-state index contributed by atoms with van der Waals surface area (Å²) in [6, 6.07) is 11.2. The summed E-state index contributed by atoms with van der Waals surface area (Å²) < 4.78 is 0. The number of aromatic hydroxyl groups is 1. The minimum Gasteiger partial charge on any atom is -0.508 e. The molecule has 0 bridgehead atoms. The molecule has 0 saturated heterocycles. The molecule has 22 heavy (non-hydrogen) atoms. The first-order valence-corrected chi connectivity index (χ1v) is 8.22. The van der Waals surface area contributed by atoms with Crippen LogP contribution in [0.25, 0.3) is 0 Å². The molecule has 5 heteroatoms. The molecular weight excluding hydrogens is 296 g/mol. The highest BCUT2D eigenvalue weighted by Gasteiger charge is 2.27. The average molecular weight is 314 g/mol. The second kappa shape index (κ2) is 6.40. The lowest BCUT2D eigenvalue weighted by Crippen LogP contribution is -2.33. The van der Waals surface area contributed by atoms with Gasteiger partial charge >= 0.3 is 0 Å². The van der Waals surface area contributed by atoms with E-state index in [0.29, 0.717) is 5.75 Å². The van der Waals surface area contributed by atoms with Gasteiger partial charge in [-0.1, -0.05) is 30.0 Å². The first-order valence-electron chi connectivity index (χ1n) is 7.34. The summed E-state index contributed by atoms with van der Waals surface area (Å²) in [4.78, 5) is 16.6. The first-order chi connectivity index (χ1) is 10.6. The molecular formula is C17H18N2O2S. The fourth-order valence-electron chi connectivity index (χ4n) is 2.73. The van der Waals surface area contributed by atoms with E-state index in [-0.39, 0.29) is 17.2 Å². The number of hydrogen-bond acceptors (Lipinski definition) is 4. The molecule has 2 atom stereocenters. The maximum Gasteiger partial charge on any atom is 0.233 e. The monoisotopic (exact) mass is 314 g/mol. The van der Waals surface area contributed by atoms with Crippen LogP contribution >= 0.6 is 11.8 Å². The molecule has 114 valence electrons. The van der Waals surface area contributed by atoms with Crippen LogP contribution in [-0.4, -0.2) is 21.2 Å². The van der Waals surface area contributed by atoms with Crippen LogP contribution in [0.3, 0.4) is 0 Å². The van der Waals surface area contributed by atoms with Gasteiger partial charge in [-0.05, 0) is 49.1 Å². The van der Waals surface area contributed by atoms with Crippen molar-refractivity contribution in [2.75, 3.05) is 0 Å². The Hall–Kier alpha value is -2.01. The van der Waals surface area contributed by atoms with Crippen molar-refractivity contribution >= 4 is 17.7 Å². The molecule has 4 nitrogen and oxygen atoms in total. The van der Waals surface area contributed by atoms with E-state index in [0.717, 1.165) is 29.0 Å². The number of phenolic OH excluding ortho intramolecular Hbond substituents is 1. The summed E-state index contributed by atoms with van der Waals surface area (Å²) in [6.07, 6.45) is 3.36. The zero-order valence-electron chi connectivity index (χ0n) is 12.3. The third kappa shape index (κ3) is 3.09. The molecule has 1 aromatic carbocycles. The Morgan fingerprint density at radius 2 is 2.23 bits per heavy atom. The van der Waals surface area contributed by atoms with Crippen LogP contribution in [0.2, 0.25) is 0 Å². The van der Waals surface area contributed by atoms with Crippen molar-refractivity contribution in [1.82, 2.24) is 10.3 Å². The SMILES string of the molecule is C[C@@H](Sc1ccccn1)C(=O)N[C@H]1CCc2c(O)cccc21. The molecule has 1 heterocycles. The smallest absolute Gasteiger partial charge is 0.233 e. The Morgan fingerprint density at radius 3 is 3.00 bits per heavy atom. The number of pyridine rings is 1. The predicted octanol–water partition coefficient (Wildman–Crippen LogP) is 3.07. The van der Waals surface area contributed by atoms with Gasteiger partial charge in [0.1, 0.15) is 5.75 Å².